The maximum Gasteiger partial charge on any atom is 0.236 e. The molecule has 0 aliphatic heterocycles. The lowest BCUT2D eigenvalue weighted by atomic mass is 10.2. The number of nitrogens with one attached hydrogen (secondary N) is 1. The molecule has 0 bridgehead atoms. The van der Waals surface area contributed by atoms with Gasteiger partial charge in [0, 0.05) is 32.4 Å². The van der Waals surface area contributed by atoms with E-state index in [-0.39, 0.29) is 5.91 Å². The van der Waals surface area contributed by atoms with E-state index in [0.29, 0.717) is 18.9 Å². The molecule has 1 aromatic heterocycles. The van der Waals surface area contributed by atoms with Crippen molar-refractivity contribution in [3.05, 3.63) is 23.9 Å². The minimum Gasteiger partial charge on any atom is -0.348 e. The Kier molecular flexibility index (Phi) is 5.54. The van der Waals surface area contributed by atoms with Crippen LogP contribution in [0.15, 0.2) is 18.3 Å². The Labute approximate surface area is 108 Å². The average molecular weight is 251 g/mol. The van der Waals surface area contributed by atoms with E-state index in [1.165, 1.54) is 0 Å². The van der Waals surface area contributed by atoms with Gasteiger partial charge in [-0.05, 0) is 12.6 Å². The van der Waals surface area contributed by atoms with Crippen molar-refractivity contribution in [2.75, 3.05) is 32.6 Å². The maximum absolute atomic E-state index is 11.7. The van der Waals surface area contributed by atoms with Gasteiger partial charge in [0.25, 0.3) is 0 Å². The molecular weight excluding hydrogens is 230 g/mol. The fourth-order valence-corrected chi connectivity index (χ4v) is 1.55. The zero-order chi connectivity index (χ0) is 13.5. The number of aromatic nitrogens is 1. The Morgan fingerprint density at radius 1 is 1.50 bits per heavy atom. The summed E-state index contributed by atoms with van der Waals surface area (Å²) in [6.45, 7) is 3.85. The summed E-state index contributed by atoms with van der Waals surface area (Å²) in [6.07, 6.45) is 1.68. The number of amides is 1. The van der Waals surface area contributed by atoms with Crippen molar-refractivity contribution >= 4 is 11.7 Å². The molecule has 0 atom stereocenters. The molecule has 0 radical (unpaired) electrons. The smallest absolute Gasteiger partial charge is 0.236 e. The summed E-state index contributed by atoms with van der Waals surface area (Å²) in [5.74, 6) is 6.14. The number of nitrogens with zero attached hydrogens (tertiary/aromatic N) is 3. The lowest BCUT2D eigenvalue weighted by Gasteiger charge is -2.22. The van der Waals surface area contributed by atoms with Crippen LogP contribution >= 0.6 is 0 Å². The number of carbonyl (C=O) groups is 1. The highest BCUT2D eigenvalue weighted by Crippen LogP contribution is 2.12. The van der Waals surface area contributed by atoms with Gasteiger partial charge in [-0.1, -0.05) is 13.0 Å². The van der Waals surface area contributed by atoms with Crippen LogP contribution in [0.1, 0.15) is 12.5 Å². The number of carbonyl (C=O) groups excluding carboxylic acids is 1. The first-order valence-corrected chi connectivity index (χ1v) is 5.91. The van der Waals surface area contributed by atoms with Gasteiger partial charge in [-0.25, -0.2) is 10.8 Å². The molecule has 100 valence electrons. The summed E-state index contributed by atoms with van der Waals surface area (Å²) >= 11 is 0. The topological polar surface area (TPSA) is 74.5 Å². The molecule has 6 heteroatoms. The van der Waals surface area contributed by atoms with E-state index < -0.39 is 0 Å². The van der Waals surface area contributed by atoms with Gasteiger partial charge in [-0.3, -0.25) is 9.69 Å². The zero-order valence-electron chi connectivity index (χ0n) is 11.2. The van der Waals surface area contributed by atoms with Crippen molar-refractivity contribution in [2.24, 2.45) is 5.84 Å². The molecule has 18 heavy (non-hydrogen) atoms. The lowest BCUT2D eigenvalue weighted by Crippen LogP contribution is -2.36. The number of likely N-dealkylation sites (N-methyl/N-ethyl adjacent to an activating group) is 2. The summed E-state index contributed by atoms with van der Waals surface area (Å²) in [6, 6.07) is 3.81. The van der Waals surface area contributed by atoms with Crippen molar-refractivity contribution < 1.29 is 4.79 Å². The molecule has 0 aliphatic rings. The highest BCUT2D eigenvalue weighted by atomic mass is 16.2. The highest BCUT2D eigenvalue weighted by molar-refractivity contribution is 5.77. The predicted octanol–water partition coefficient (Wildman–Crippen LogP) is 0.277. The SMILES string of the molecule is CCN(CC(=O)N(C)C)Cc1cccnc1NN. The second-order valence-corrected chi connectivity index (χ2v) is 4.25. The van der Waals surface area contributed by atoms with E-state index in [9.17, 15) is 4.79 Å². The minimum absolute atomic E-state index is 0.0861. The second kappa shape index (κ2) is 6.93. The van der Waals surface area contributed by atoms with Crippen LogP contribution in [0.2, 0.25) is 0 Å². The molecule has 3 N–H and O–H groups in total. The lowest BCUT2D eigenvalue weighted by molar-refractivity contribution is -0.130. The van der Waals surface area contributed by atoms with Crippen LogP contribution in [-0.4, -0.2) is 47.9 Å². The van der Waals surface area contributed by atoms with Crippen LogP contribution < -0.4 is 11.3 Å². The van der Waals surface area contributed by atoms with Crippen molar-refractivity contribution in [3.63, 3.8) is 0 Å². The molecule has 0 aliphatic carbocycles. The monoisotopic (exact) mass is 251 g/mol. The number of anilines is 1. The van der Waals surface area contributed by atoms with E-state index in [2.05, 4.69) is 10.4 Å². The molecule has 0 unspecified atom stereocenters. The quantitative estimate of drug-likeness (QED) is 0.561. The van der Waals surface area contributed by atoms with E-state index in [1.54, 1.807) is 25.2 Å². The Bertz CT molecular complexity index is 394. The van der Waals surface area contributed by atoms with Gasteiger partial charge in [-0.15, -0.1) is 0 Å². The first-order chi connectivity index (χ1) is 8.58. The number of rotatable bonds is 6. The van der Waals surface area contributed by atoms with Crippen molar-refractivity contribution in [1.29, 1.82) is 0 Å². The predicted molar refractivity (Wildman–Crippen MR) is 71.7 cm³/mol. The third-order valence-electron chi connectivity index (χ3n) is 2.73. The molecule has 1 aromatic rings. The van der Waals surface area contributed by atoms with Crippen molar-refractivity contribution in [3.8, 4) is 0 Å². The van der Waals surface area contributed by atoms with Gasteiger partial charge in [-0.2, -0.15) is 0 Å². The van der Waals surface area contributed by atoms with Crippen LogP contribution in [0.4, 0.5) is 5.82 Å². The Hall–Kier alpha value is -1.66. The normalized spacial score (nSPS) is 10.5. The van der Waals surface area contributed by atoms with Crippen LogP contribution in [0, 0.1) is 0 Å². The van der Waals surface area contributed by atoms with Gasteiger partial charge < -0.3 is 10.3 Å². The van der Waals surface area contributed by atoms with Gasteiger partial charge in [0.15, 0.2) is 0 Å². The first-order valence-electron chi connectivity index (χ1n) is 5.91. The Morgan fingerprint density at radius 3 is 2.78 bits per heavy atom. The fourth-order valence-electron chi connectivity index (χ4n) is 1.55. The summed E-state index contributed by atoms with van der Waals surface area (Å²) in [4.78, 5) is 19.5. The molecule has 1 heterocycles. The van der Waals surface area contributed by atoms with Crippen LogP contribution in [0.3, 0.4) is 0 Å². The molecule has 6 nitrogen and oxygen atoms in total. The van der Waals surface area contributed by atoms with E-state index >= 15 is 0 Å². The molecule has 0 saturated heterocycles. The largest absolute Gasteiger partial charge is 0.348 e. The Balaban J connectivity index is 2.70. The van der Waals surface area contributed by atoms with E-state index in [4.69, 9.17) is 5.84 Å². The number of pyridine rings is 1. The standard InChI is InChI=1S/C12H21N5O/c1-4-17(9-11(18)16(2)3)8-10-6-5-7-14-12(10)15-13/h5-7H,4,8-9,13H2,1-3H3,(H,14,15). The van der Waals surface area contributed by atoms with Crippen LogP contribution in [0.25, 0.3) is 0 Å². The summed E-state index contributed by atoms with van der Waals surface area (Å²) in [7, 11) is 3.51. The van der Waals surface area contributed by atoms with Crippen LogP contribution in [0.5, 0.6) is 0 Å². The first kappa shape index (κ1) is 14.4. The van der Waals surface area contributed by atoms with Gasteiger partial charge in [0.2, 0.25) is 5.91 Å². The second-order valence-electron chi connectivity index (χ2n) is 4.25. The summed E-state index contributed by atoms with van der Waals surface area (Å²) in [5.41, 5.74) is 3.55. The molecular formula is C12H21N5O. The van der Waals surface area contributed by atoms with Crippen molar-refractivity contribution in [1.82, 2.24) is 14.8 Å². The number of nitrogens with two attached hydrogens (primary N) is 1. The molecule has 1 rings (SSSR count). The minimum atomic E-state index is 0.0861. The van der Waals surface area contributed by atoms with E-state index in [1.807, 2.05) is 24.0 Å². The third kappa shape index (κ3) is 3.97. The highest BCUT2D eigenvalue weighted by Gasteiger charge is 2.13. The average Bonchev–Trinajstić information content (AvgIpc) is 2.38. The van der Waals surface area contributed by atoms with Crippen molar-refractivity contribution in [2.45, 2.75) is 13.5 Å². The summed E-state index contributed by atoms with van der Waals surface area (Å²) < 4.78 is 0. The number of nitrogen functional groups attached to an aromatic ring is 1. The van der Waals surface area contributed by atoms with Crippen LogP contribution in [-0.2, 0) is 11.3 Å². The zero-order valence-corrected chi connectivity index (χ0v) is 11.2. The molecule has 0 fully saturated rings. The molecule has 0 spiro atoms. The maximum atomic E-state index is 11.7. The molecule has 0 saturated carbocycles. The summed E-state index contributed by atoms with van der Waals surface area (Å²) in [5, 5.41) is 0. The van der Waals surface area contributed by atoms with Gasteiger partial charge in [0.1, 0.15) is 5.82 Å². The van der Waals surface area contributed by atoms with E-state index in [0.717, 1.165) is 12.1 Å². The fraction of sp³-hybridized carbons (Fsp3) is 0.500. The Morgan fingerprint density at radius 2 is 2.22 bits per heavy atom. The van der Waals surface area contributed by atoms with Gasteiger partial charge >= 0.3 is 0 Å². The third-order valence-corrected chi connectivity index (χ3v) is 2.73. The number of hydrogen-bond donors (Lipinski definition) is 2. The number of hydrazine groups is 1. The number of hydrogen-bond acceptors (Lipinski definition) is 5. The molecule has 1 amide bonds. The van der Waals surface area contributed by atoms with Gasteiger partial charge in [0.05, 0.1) is 6.54 Å². The molecule has 0 aromatic carbocycles.